The van der Waals surface area contributed by atoms with Gasteiger partial charge in [0.1, 0.15) is 6.61 Å². The lowest BCUT2D eigenvalue weighted by Crippen LogP contribution is -2.50. The molecule has 0 aromatic rings. The minimum absolute atomic E-state index is 0.0564. The molecule has 0 aliphatic heterocycles. The van der Waals surface area contributed by atoms with Gasteiger partial charge >= 0.3 is 17.9 Å². The molecular weight excluding hydrogens is 823 g/mol. The Labute approximate surface area is 406 Å². The van der Waals surface area contributed by atoms with Gasteiger partial charge < -0.3 is 23.8 Å². The summed E-state index contributed by atoms with van der Waals surface area (Å²) < 4.78 is 17.4. The molecule has 8 nitrogen and oxygen atoms in total. The quantitative estimate of drug-likeness (QED) is 0.0213. The van der Waals surface area contributed by atoms with Crippen LogP contribution in [0.2, 0.25) is 0 Å². The van der Waals surface area contributed by atoms with Crippen LogP contribution in [0.4, 0.5) is 0 Å². The zero-order chi connectivity index (χ0) is 48.4. The summed E-state index contributed by atoms with van der Waals surface area (Å²) in [5, 5.41) is 9.67. The maximum absolute atomic E-state index is 12.8. The van der Waals surface area contributed by atoms with Gasteiger partial charge in [0.05, 0.1) is 34.4 Å². The number of unbranched alkanes of at least 4 members (excludes halogenated alkanes) is 23. The number of ether oxygens (including phenoxy) is 3. The molecule has 0 aliphatic carbocycles. The molecular formula is C58H102NO7+. The first-order chi connectivity index (χ1) is 32.1. The van der Waals surface area contributed by atoms with E-state index in [9.17, 15) is 19.5 Å². The monoisotopic (exact) mass is 925 g/mol. The van der Waals surface area contributed by atoms with Crippen molar-refractivity contribution in [3.63, 3.8) is 0 Å². The molecule has 0 fully saturated rings. The van der Waals surface area contributed by atoms with Gasteiger partial charge in [0, 0.05) is 19.3 Å². The van der Waals surface area contributed by atoms with Gasteiger partial charge in [0.2, 0.25) is 0 Å². The van der Waals surface area contributed by atoms with Crippen LogP contribution in [0.1, 0.15) is 226 Å². The smallest absolute Gasteiger partial charge is 0.362 e. The average Bonchev–Trinajstić information content (AvgIpc) is 3.28. The molecule has 0 aromatic carbocycles. The van der Waals surface area contributed by atoms with E-state index in [1.54, 1.807) is 0 Å². The molecule has 1 N–H and O–H groups in total. The normalized spacial score (nSPS) is 13.4. The number of carboxylic acids is 1. The Bertz CT molecular complexity index is 1310. The summed E-state index contributed by atoms with van der Waals surface area (Å²) in [6.07, 6.45) is 62.3. The summed E-state index contributed by atoms with van der Waals surface area (Å²) in [6, 6.07) is -0.619. The van der Waals surface area contributed by atoms with Gasteiger partial charge in [-0.05, 0) is 77.0 Å². The van der Waals surface area contributed by atoms with Gasteiger partial charge in [0.25, 0.3) is 0 Å². The summed E-state index contributed by atoms with van der Waals surface area (Å²) in [4.78, 5) is 37.2. The van der Waals surface area contributed by atoms with Gasteiger partial charge in [0.15, 0.2) is 12.1 Å². The topological polar surface area (TPSA) is 99.1 Å². The Kier molecular flexibility index (Phi) is 45.9. The predicted octanol–water partition coefficient (Wildman–Crippen LogP) is 15.9. The maximum Gasteiger partial charge on any atom is 0.362 e. The fraction of sp³-hybridized carbons (Fsp3) is 0.741. The third kappa shape index (κ3) is 45.9. The van der Waals surface area contributed by atoms with Crippen molar-refractivity contribution in [2.24, 2.45) is 0 Å². The first-order valence-electron chi connectivity index (χ1n) is 27.0. The number of allylic oxidation sites excluding steroid dienone is 12. The van der Waals surface area contributed by atoms with Crippen LogP contribution in [0.3, 0.4) is 0 Å². The summed E-state index contributed by atoms with van der Waals surface area (Å²) >= 11 is 0. The number of carbonyl (C=O) groups is 3. The lowest BCUT2D eigenvalue weighted by atomic mass is 10.0. The molecule has 66 heavy (non-hydrogen) atoms. The Morgan fingerprint density at radius 1 is 0.485 bits per heavy atom. The molecule has 380 valence electrons. The largest absolute Gasteiger partial charge is 0.477 e. The molecule has 0 aliphatic rings. The molecule has 0 amide bonds. The lowest BCUT2D eigenvalue weighted by molar-refractivity contribution is -0.887. The molecule has 2 unspecified atom stereocenters. The molecule has 8 heteroatoms. The number of quaternary nitrogens is 1. The molecule has 0 aromatic heterocycles. The van der Waals surface area contributed by atoms with Crippen molar-refractivity contribution in [3.8, 4) is 0 Å². The van der Waals surface area contributed by atoms with Crippen LogP contribution in [0.15, 0.2) is 72.9 Å². The highest BCUT2D eigenvalue weighted by atomic mass is 16.6. The highest BCUT2D eigenvalue weighted by Gasteiger charge is 2.31. The van der Waals surface area contributed by atoms with E-state index in [4.69, 9.17) is 14.2 Å². The van der Waals surface area contributed by atoms with Crippen LogP contribution in [0.25, 0.3) is 0 Å². The number of aliphatic carboxylic acids is 1. The Hall–Kier alpha value is -3.23. The predicted molar refractivity (Wildman–Crippen MR) is 280 cm³/mol. The Balaban J connectivity index is 4.22. The number of likely N-dealkylation sites (N-methyl/N-ethyl adjacent to an activating group) is 1. The van der Waals surface area contributed by atoms with Gasteiger partial charge in [-0.1, -0.05) is 202 Å². The Morgan fingerprint density at radius 3 is 1.35 bits per heavy atom. The van der Waals surface area contributed by atoms with E-state index in [0.29, 0.717) is 19.3 Å². The van der Waals surface area contributed by atoms with Crippen LogP contribution in [-0.4, -0.2) is 80.6 Å². The van der Waals surface area contributed by atoms with Gasteiger partial charge in [-0.3, -0.25) is 9.59 Å². The van der Waals surface area contributed by atoms with Crippen molar-refractivity contribution in [1.29, 1.82) is 0 Å². The number of nitrogens with zero attached hydrogens (tertiary/aromatic N) is 1. The molecule has 0 rings (SSSR count). The molecule has 0 saturated carbocycles. The maximum atomic E-state index is 12.8. The van der Waals surface area contributed by atoms with E-state index < -0.39 is 18.1 Å². The van der Waals surface area contributed by atoms with E-state index in [2.05, 4.69) is 86.8 Å². The van der Waals surface area contributed by atoms with Gasteiger partial charge in [-0.25, -0.2) is 4.79 Å². The zero-order valence-corrected chi connectivity index (χ0v) is 43.4. The highest BCUT2D eigenvalue weighted by Crippen LogP contribution is 2.15. The Morgan fingerprint density at radius 2 is 0.894 bits per heavy atom. The fourth-order valence-electron chi connectivity index (χ4n) is 7.72. The third-order valence-corrected chi connectivity index (χ3v) is 11.9. The molecule has 0 spiro atoms. The standard InChI is InChI=1S/C58H101NO7/c1-6-8-10-12-14-16-18-20-22-24-26-27-28-29-31-33-35-37-39-41-43-45-47-49-57(61)66-54(52-64-51-50-55(58(62)63)59(3,4)5)53-65-56(60)48-46-44-42-40-38-36-34-32-30-25-23-21-19-17-15-13-11-9-7-2/h8,10,14-17,19-22,26-27,54-55H,6-7,9,11-13,18,23-25,28-53H2,1-5H3/p+1/b10-8+,16-14+,17-15+,21-19+,22-20+,27-26+. The second-order valence-electron chi connectivity index (χ2n) is 19.1. The molecule has 0 bridgehead atoms. The summed E-state index contributed by atoms with van der Waals surface area (Å²) in [7, 11) is 5.54. The van der Waals surface area contributed by atoms with Crippen LogP contribution in [0.5, 0.6) is 0 Å². The highest BCUT2D eigenvalue weighted by molar-refractivity contribution is 5.72. The lowest BCUT2D eigenvalue weighted by Gasteiger charge is -2.31. The van der Waals surface area contributed by atoms with Crippen LogP contribution < -0.4 is 0 Å². The molecule has 2 atom stereocenters. The van der Waals surface area contributed by atoms with E-state index in [0.717, 1.165) is 64.2 Å². The number of esters is 2. The van der Waals surface area contributed by atoms with Crippen LogP contribution in [-0.2, 0) is 28.6 Å². The van der Waals surface area contributed by atoms with Crippen molar-refractivity contribution >= 4 is 17.9 Å². The minimum Gasteiger partial charge on any atom is -0.477 e. The summed E-state index contributed by atoms with van der Waals surface area (Å²) in [5.74, 6) is -1.47. The van der Waals surface area contributed by atoms with Crippen LogP contribution in [0, 0.1) is 0 Å². The van der Waals surface area contributed by atoms with E-state index in [-0.39, 0.29) is 36.2 Å². The number of hydrogen-bond acceptors (Lipinski definition) is 6. The van der Waals surface area contributed by atoms with Gasteiger partial charge in [-0.15, -0.1) is 0 Å². The van der Waals surface area contributed by atoms with E-state index in [1.165, 1.54) is 128 Å². The number of rotatable bonds is 48. The third-order valence-electron chi connectivity index (χ3n) is 11.9. The van der Waals surface area contributed by atoms with Crippen molar-refractivity contribution in [1.82, 2.24) is 0 Å². The number of carbonyl (C=O) groups excluding carboxylic acids is 2. The fourth-order valence-corrected chi connectivity index (χ4v) is 7.72. The van der Waals surface area contributed by atoms with Crippen molar-refractivity contribution in [3.05, 3.63) is 72.9 Å². The molecule has 0 radical (unpaired) electrons. The first-order valence-corrected chi connectivity index (χ1v) is 27.0. The van der Waals surface area contributed by atoms with E-state index >= 15 is 0 Å². The van der Waals surface area contributed by atoms with Crippen molar-refractivity contribution in [2.75, 3.05) is 41.0 Å². The number of carboxylic acid groups (broad SMARTS) is 1. The van der Waals surface area contributed by atoms with Gasteiger partial charge in [-0.2, -0.15) is 0 Å². The van der Waals surface area contributed by atoms with E-state index in [1.807, 2.05) is 21.1 Å². The zero-order valence-electron chi connectivity index (χ0n) is 43.4. The SMILES string of the molecule is CC/C=C/C/C=C/C/C=C/C/C=C/CCCCCCCCCCCCC(=O)OC(COCCC(C(=O)O)[N+](C)(C)C)COC(=O)CCCCCCCCCCCC/C=C/C=C/CCCCC. The summed E-state index contributed by atoms with van der Waals surface area (Å²) in [5.41, 5.74) is 0. The second-order valence-corrected chi connectivity index (χ2v) is 19.1. The molecule has 0 heterocycles. The van der Waals surface area contributed by atoms with Crippen LogP contribution >= 0.6 is 0 Å². The minimum atomic E-state index is -0.876. The molecule has 0 saturated heterocycles. The van der Waals surface area contributed by atoms with Crippen molar-refractivity contribution in [2.45, 2.75) is 238 Å². The second kappa shape index (κ2) is 48.2. The summed E-state index contributed by atoms with van der Waals surface area (Å²) in [6.45, 7) is 4.61. The van der Waals surface area contributed by atoms with Crippen molar-refractivity contribution < 1.29 is 38.2 Å². The first kappa shape index (κ1) is 62.8. The average molecular weight is 925 g/mol. The number of hydrogen-bond donors (Lipinski definition) is 1.